The summed E-state index contributed by atoms with van der Waals surface area (Å²) in [6.07, 6.45) is 6.36. The van der Waals surface area contributed by atoms with Gasteiger partial charge in [0.2, 0.25) is 0 Å². The lowest BCUT2D eigenvalue weighted by molar-refractivity contribution is -0.136. The number of hydrogen-bond acceptors (Lipinski definition) is 5. The molecule has 0 aromatic carbocycles. The molecule has 0 bridgehead atoms. The second-order valence-corrected chi connectivity index (χ2v) is 6.24. The van der Waals surface area contributed by atoms with Crippen LogP contribution in [0.4, 0.5) is 0 Å². The Balaban J connectivity index is 1.77. The average molecular weight is 326 g/mol. The van der Waals surface area contributed by atoms with E-state index in [0.717, 1.165) is 43.1 Å². The van der Waals surface area contributed by atoms with Crippen LogP contribution in [0.25, 0.3) is 0 Å². The molecule has 6 heteroatoms. The van der Waals surface area contributed by atoms with Crippen LogP contribution in [0.1, 0.15) is 48.1 Å². The van der Waals surface area contributed by atoms with Crippen molar-refractivity contribution in [1.29, 1.82) is 0 Å². The Kier molecular flexibility index (Phi) is 5.15. The summed E-state index contributed by atoms with van der Waals surface area (Å²) in [5.41, 5.74) is 2.89. The Morgan fingerprint density at radius 3 is 3.04 bits per heavy atom. The van der Waals surface area contributed by atoms with Gasteiger partial charge in [-0.3, -0.25) is 14.7 Å². The normalized spacial score (nSPS) is 18.0. The van der Waals surface area contributed by atoms with Crippen molar-refractivity contribution >= 4 is 5.97 Å². The summed E-state index contributed by atoms with van der Waals surface area (Å²) in [4.78, 5) is 26.6. The van der Waals surface area contributed by atoms with Gasteiger partial charge < -0.3 is 5.11 Å². The van der Waals surface area contributed by atoms with E-state index in [2.05, 4.69) is 25.9 Å². The second-order valence-electron chi connectivity index (χ2n) is 6.24. The number of likely N-dealkylation sites (tertiary alicyclic amines) is 1. The molecule has 1 atom stereocenters. The zero-order valence-corrected chi connectivity index (χ0v) is 13.9. The van der Waals surface area contributed by atoms with Gasteiger partial charge >= 0.3 is 5.97 Å². The van der Waals surface area contributed by atoms with E-state index < -0.39 is 5.97 Å². The smallest absolute Gasteiger partial charge is 0.303 e. The number of carboxylic acids is 1. The molecular weight excluding hydrogens is 304 g/mol. The Morgan fingerprint density at radius 2 is 2.29 bits per heavy atom. The molecule has 1 saturated heterocycles. The monoisotopic (exact) mass is 326 g/mol. The van der Waals surface area contributed by atoms with Gasteiger partial charge in [0, 0.05) is 36.7 Å². The zero-order chi connectivity index (χ0) is 16.9. The highest BCUT2D eigenvalue weighted by Crippen LogP contribution is 2.31. The van der Waals surface area contributed by atoms with E-state index in [0.29, 0.717) is 6.42 Å². The van der Waals surface area contributed by atoms with Crippen molar-refractivity contribution in [3.63, 3.8) is 0 Å². The van der Waals surface area contributed by atoms with Crippen molar-refractivity contribution in [2.45, 2.75) is 45.2 Å². The fraction of sp³-hybridized carbons (Fsp3) is 0.444. The zero-order valence-electron chi connectivity index (χ0n) is 13.9. The molecule has 6 nitrogen and oxygen atoms in total. The van der Waals surface area contributed by atoms with Crippen LogP contribution in [0, 0.1) is 6.92 Å². The number of aromatic nitrogens is 3. The summed E-state index contributed by atoms with van der Waals surface area (Å²) in [6.45, 7) is 3.79. The lowest BCUT2D eigenvalue weighted by Gasteiger charge is -2.23. The number of nitrogens with zero attached hydrogens (tertiary/aromatic N) is 4. The van der Waals surface area contributed by atoms with Crippen LogP contribution < -0.4 is 0 Å². The molecule has 0 unspecified atom stereocenters. The molecule has 0 saturated carbocycles. The molecule has 0 spiro atoms. The van der Waals surface area contributed by atoms with Crippen LogP contribution in [-0.4, -0.2) is 37.5 Å². The third kappa shape index (κ3) is 4.14. The van der Waals surface area contributed by atoms with Gasteiger partial charge in [0.1, 0.15) is 5.82 Å². The largest absolute Gasteiger partial charge is 0.481 e. The van der Waals surface area contributed by atoms with Gasteiger partial charge in [-0.2, -0.15) is 0 Å². The summed E-state index contributed by atoms with van der Waals surface area (Å²) in [5.74, 6) is 0.0173. The highest BCUT2D eigenvalue weighted by atomic mass is 16.4. The summed E-state index contributed by atoms with van der Waals surface area (Å²) < 4.78 is 0. The van der Waals surface area contributed by atoms with Crippen LogP contribution in [0.3, 0.4) is 0 Å². The first kappa shape index (κ1) is 16.5. The predicted octanol–water partition coefficient (Wildman–Crippen LogP) is 2.53. The Hall–Kier alpha value is -2.34. The molecule has 3 rings (SSSR count). The molecule has 2 aromatic heterocycles. The van der Waals surface area contributed by atoms with Crippen LogP contribution >= 0.6 is 0 Å². The van der Waals surface area contributed by atoms with Gasteiger partial charge in [-0.1, -0.05) is 6.07 Å². The number of carbonyl (C=O) groups is 1. The lowest BCUT2D eigenvalue weighted by Crippen LogP contribution is -2.25. The molecule has 126 valence electrons. The van der Waals surface area contributed by atoms with Crippen molar-refractivity contribution in [1.82, 2.24) is 19.9 Å². The van der Waals surface area contributed by atoms with Gasteiger partial charge in [0.15, 0.2) is 0 Å². The van der Waals surface area contributed by atoms with E-state index in [1.165, 1.54) is 5.56 Å². The molecule has 24 heavy (non-hydrogen) atoms. The fourth-order valence-corrected chi connectivity index (χ4v) is 3.20. The maximum absolute atomic E-state index is 10.8. The van der Waals surface area contributed by atoms with E-state index in [4.69, 9.17) is 5.11 Å². The Morgan fingerprint density at radius 1 is 1.42 bits per heavy atom. The van der Waals surface area contributed by atoms with Crippen LogP contribution in [0.5, 0.6) is 0 Å². The standard InChI is InChI=1S/C18H22N4O2/c1-13-10-15(6-7-17(23)24)21-18(20-13)16-5-3-9-22(16)12-14-4-2-8-19-11-14/h2,4,8,10-11,16H,3,5-7,9,12H2,1H3,(H,23,24)/t16-/m0/s1. The quantitative estimate of drug-likeness (QED) is 0.879. The third-order valence-corrected chi connectivity index (χ3v) is 4.29. The van der Waals surface area contributed by atoms with E-state index in [9.17, 15) is 4.79 Å². The average Bonchev–Trinajstić information content (AvgIpc) is 3.01. The summed E-state index contributed by atoms with van der Waals surface area (Å²) in [5, 5.41) is 8.87. The van der Waals surface area contributed by atoms with Gasteiger partial charge in [-0.25, -0.2) is 9.97 Å². The van der Waals surface area contributed by atoms with Crippen LogP contribution in [-0.2, 0) is 17.8 Å². The van der Waals surface area contributed by atoms with Gasteiger partial charge in [0.25, 0.3) is 0 Å². The third-order valence-electron chi connectivity index (χ3n) is 4.29. The number of aryl methyl sites for hydroxylation is 2. The first-order chi connectivity index (χ1) is 11.6. The predicted molar refractivity (Wildman–Crippen MR) is 89.3 cm³/mol. The van der Waals surface area contributed by atoms with E-state index in [-0.39, 0.29) is 12.5 Å². The highest BCUT2D eigenvalue weighted by molar-refractivity contribution is 5.66. The highest BCUT2D eigenvalue weighted by Gasteiger charge is 2.28. The maximum atomic E-state index is 10.8. The molecule has 3 heterocycles. The molecule has 1 N–H and O–H groups in total. The minimum atomic E-state index is -0.799. The molecule has 1 aliphatic rings. The van der Waals surface area contributed by atoms with E-state index >= 15 is 0 Å². The van der Waals surface area contributed by atoms with Crippen molar-refractivity contribution in [2.75, 3.05) is 6.54 Å². The van der Waals surface area contributed by atoms with Crippen LogP contribution in [0.2, 0.25) is 0 Å². The van der Waals surface area contributed by atoms with Crippen molar-refractivity contribution < 1.29 is 9.90 Å². The minimum absolute atomic E-state index is 0.0972. The molecule has 2 aromatic rings. The lowest BCUT2D eigenvalue weighted by atomic mass is 10.1. The number of aliphatic carboxylic acids is 1. The molecule has 0 amide bonds. The molecule has 1 fully saturated rings. The summed E-state index contributed by atoms with van der Waals surface area (Å²) in [7, 11) is 0. The maximum Gasteiger partial charge on any atom is 0.303 e. The minimum Gasteiger partial charge on any atom is -0.481 e. The molecule has 1 aliphatic heterocycles. The Bertz CT molecular complexity index is 705. The first-order valence-electron chi connectivity index (χ1n) is 8.31. The van der Waals surface area contributed by atoms with Crippen molar-refractivity contribution in [2.24, 2.45) is 0 Å². The number of rotatable bonds is 6. The number of hydrogen-bond donors (Lipinski definition) is 1. The topological polar surface area (TPSA) is 79.2 Å². The summed E-state index contributed by atoms with van der Waals surface area (Å²) >= 11 is 0. The van der Waals surface area contributed by atoms with Crippen molar-refractivity contribution in [3.05, 3.63) is 53.4 Å². The molecular formula is C18H22N4O2. The van der Waals surface area contributed by atoms with Crippen LogP contribution in [0.15, 0.2) is 30.6 Å². The fourth-order valence-electron chi connectivity index (χ4n) is 3.20. The first-order valence-corrected chi connectivity index (χ1v) is 8.31. The number of pyridine rings is 1. The molecule has 0 radical (unpaired) electrons. The van der Waals surface area contributed by atoms with E-state index in [1.807, 2.05) is 25.3 Å². The SMILES string of the molecule is Cc1cc(CCC(=O)O)nc([C@@H]2CCCN2Cc2cccnc2)n1. The van der Waals surface area contributed by atoms with Gasteiger partial charge in [0.05, 0.1) is 12.5 Å². The van der Waals surface area contributed by atoms with E-state index in [1.54, 1.807) is 6.20 Å². The van der Waals surface area contributed by atoms with Gasteiger partial charge in [-0.15, -0.1) is 0 Å². The second kappa shape index (κ2) is 7.49. The Labute approximate surface area is 141 Å². The number of carboxylic acid groups (broad SMARTS) is 1. The summed E-state index contributed by atoms with van der Waals surface area (Å²) in [6, 6.07) is 6.10. The molecule has 0 aliphatic carbocycles. The van der Waals surface area contributed by atoms with Crippen molar-refractivity contribution in [3.8, 4) is 0 Å². The van der Waals surface area contributed by atoms with Gasteiger partial charge in [-0.05, 0) is 44.0 Å².